The molecule has 0 bridgehead atoms. The van der Waals surface area contributed by atoms with Crippen LogP contribution in [0.2, 0.25) is 0 Å². The molecule has 6 nitrogen and oxygen atoms in total. The van der Waals surface area contributed by atoms with E-state index in [1.165, 1.54) is 7.11 Å². The van der Waals surface area contributed by atoms with Gasteiger partial charge in [-0.05, 0) is 18.2 Å². The van der Waals surface area contributed by atoms with Crippen LogP contribution in [-0.2, 0) is 4.74 Å². The molecule has 1 atom stereocenters. The molecule has 104 valence electrons. The number of benzene rings is 1. The van der Waals surface area contributed by atoms with E-state index in [0.29, 0.717) is 36.8 Å². The zero-order valence-electron chi connectivity index (χ0n) is 10.8. The summed E-state index contributed by atoms with van der Waals surface area (Å²) in [4.78, 5) is 14.1. The molecule has 1 unspecified atom stereocenters. The van der Waals surface area contributed by atoms with E-state index in [9.17, 15) is 9.90 Å². The highest BCUT2D eigenvalue weighted by Gasteiger charge is 2.29. The number of amides is 1. The van der Waals surface area contributed by atoms with Crippen LogP contribution in [0.4, 0.5) is 5.69 Å². The average molecular weight is 266 g/mol. The van der Waals surface area contributed by atoms with Crippen molar-refractivity contribution >= 4 is 11.6 Å². The lowest BCUT2D eigenvalue weighted by Gasteiger charge is -2.34. The summed E-state index contributed by atoms with van der Waals surface area (Å²) < 4.78 is 10.4. The number of nitrogen functional groups attached to an aromatic ring is 1. The summed E-state index contributed by atoms with van der Waals surface area (Å²) in [5.41, 5.74) is 6.62. The fourth-order valence-corrected chi connectivity index (χ4v) is 2.12. The van der Waals surface area contributed by atoms with Crippen molar-refractivity contribution in [3.8, 4) is 5.75 Å². The zero-order valence-corrected chi connectivity index (χ0v) is 10.8. The number of nitrogens with zero attached hydrogens (tertiary/aromatic N) is 1. The second-order valence-electron chi connectivity index (χ2n) is 4.37. The predicted octanol–water partition coefficient (Wildman–Crippen LogP) is 0.111. The maximum absolute atomic E-state index is 12.5. The lowest BCUT2D eigenvalue weighted by atomic mass is 10.1. The molecule has 0 saturated carbocycles. The number of rotatable bonds is 3. The highest BCUT2D eigenvalue weighted by Crippen LogP contribution is 2.24. The number of aliphatic hydroxyl groups is 1. The smallest absolute Gasteiger partial charge is 0.258 e. The van der Waals surface area contributed by atoms with Crippen molar-refractivity contribution < 1.29 is 19.4 Å². The molecule has 19 heavy (non-hydrogen) atoms. The molecule has 6 heteroatoms. The number of hydrogen-bond acceptors (Lipinski definition) is 5. The van der Waals surface area contributed by atoms with E-state index < -0.39 is 0 Å². The normalized spacial score (nSPS) is 19.3. The second-order valence-corrected chi connectivity index (χ2v) is 4.37. The molecule has 1 aliphatic rings. The van der Waals surface area contributed by atoms with E-state index in [0.717, 1.165) is 0 Å². The number of morpholine rings is 1. The van der Waals surface area contributed by atoms with Crippen molar-refractivity contribution in [3.63, 3.8) is 0 Å². The third-order valence-corrected chi connectivity index (χ3v) is 3.15. The van der Waals surface area contributed by atoms with Crippen LogP contribution in [0.15, 0.2) is 18.2 Å². The van der Waals surface area contributed by atoms with Crippen LogP contribution in [0.3, 0.4) is 0 Å². The van der Waals surface area contributed by atoms with Crippen LogP contribution in [-0.4, -0.2) is 55.4 Å². The fourth-order valence-electron chi connectivity index (χ4n) is 2.12. The van der Waals surface area contributed by atoms with Gasteiger partial charge in [0.05, 0.1) is 38.5 Å². The van der Waals surface area contributed by atoms with Gasteiger partial charge in [0.15, 0.2) is 0 Å². The standard InChI is InChI=1S/C13H18N2O4/c1-18-12-3-2-9(14)6-11(12)13(17)15-4-5-19-8-10(15)7-16/h2-3,6,10,16H,4-5,7-8,14H2,1H3. The molecule has 1 aromatic rings. The van der Waals surface area contributed by atoms with E-state index in [-0.39, 0.29) is 18.6 Å². The summed E-state index contributed by atoms with van der Waals surface area (Å²) >= 11 is 0. The summed E-state index contributed by atoms with van der Waals surface area (Å²) in [7, 11) is 1.51. The van der Waals surface area contributed by atoms with Gasteiger partial charge in [0.1, 0.15) is 5.75 Å². The maximum atomic E-state index is 12.5. The molecular weight excluding hydrogens is 248 g/mol. The average Bonchev–Trinajstić information content (AvgIpc) is 2.46. The zero-order chi connectivity index (χ0) is 13.8. The van der Waals surface area contributed by atoms with E-state index in [1.807, 2.05) is 0 Å². The van der Waals surface area contributed by atoms with Gasteiger partial charge >= 0.3 is 0 Å². The van der Waals surface area contributed by atoms with Crippen molar-refractivity contribution in [2.45, 2.75) is 6.04 Å². The molecular formula is C13H18N2O4. The van der Waals surface area contributed by atoms with Gasteiger partial charge in [-0.25, -0.2) is 0 Å². The Kier molecular flexibility index (Phi) is 4.24. The maximum Gasteiger partial charge on any atom is 0.258 e. The van der Waals surface area contributed by atoms with Crippen molar-refractivity contribution in [1.29, 1.82) is 0 Å². The van der Waals surface area contributed by atoms with Crippen LogP contribution in [0.1, 0.15) is 10.4 Å². The number of ether oxygens (including phenoxy) is 2. The van der Waals surface area contributed by atoms with Crippen LogP contribution in [0, 0.1) is 0 Å². The first-order chi connectivity index (χ1) is 9.17. The lowest BCUT2D eigenvalue weighted by molar-refractivity contribution is -0.0185. The Labute approximate surface area is 111 Å². The van der Waals surface area contributed by atoms with Crippen LogP contribution >= 0.6 is 0 Å². The van der Waals surface area contributed by atoms with E-state index in [1.54, 1.807) is 23.1 Å². The third-order valence-electron chi connectivity index (χ3n) is 3.15. The van der Waals surface area contributed by atoms with Crippen LogP contribution in [0.25, 0.3) is 0 Å². The van der Waals surface area contributed by atoms with E-state index in [2.05, 4.69) is 0 Å². The summed E-state index contributed by atoms with van der Waals surface area (Å²) in [6.07, 6.45) is 0. The Bertz CT molecular complexity index is 464. The Morgan fingerprint density at radius 2 is 2.42 bits per heavy atom. The monoisotopic (exact) mass is 266 g/mol. The molecule has 3 N–H and O–H groups in total. The number of nitrogens with two attached hydrogens (primary N) is 1. The van der Waals surface area contributed by atoms with Crippen LogP contribution in [0.5, 0.6) is 5.75 Å². The fraction of sp³-hybridized carbons (Fsp3) is 0.462. The summed E-state index contributed by atoms with van der Waals surface area (Å²) in [5, 5.41) is 9.31. The number of carbonyl (C=O) groups is 1. The minimum absolute atomic E-state index is 0.129. The lowest BCUT2D eigenvalue weighted by Crippen LogP contribution is -2.50. The summed E-state index contributed by atoms with van der Waals surface area (Å²) in [6.45, 7) is 1.12. The molecule has 1 aromatic carbocycles. The first-order valence-electron chi connectivity index (χ1n) is 6.10. The molecule has 1 heterocycles. The van der Waals surface area contributed by atoms with E-state index >= 15 is 0 Å². The Morgan fingerprint density at radius 1 is 1.63 bits per heavy atom. The Morgan fingerprint density at radius 3 is 3.11 bits per heavy atom. The highest BCUT2D eigenvalue weighted by atomic mass is 16.5. The SMILES string of the molecule is COc1ccc(N)cc1C(=O)N1CCOCC1CO. The number of hydrogen-bond donors (Lipinski definition) is 2. The number of anilines is 1. The van der Waals surface area contributed by atoms with Crippen molar-refractivity contribution in [2.24, 2.45) is 0 Å². The van der Waals surface area contributed by atoms with Gasteiger partial charge in [-0.2, -0.15) is 0 Å². The topological polar surface area (TPSA) is 85.0 Å². The quantitative estimate of drug-likeness (QED) is 0.759. The molecule has 1 aliphatic heterocycles. The first kappa shape index (κ1) is 13.6. The molecule has 1 fully saturated rings. The molecule has 0 spiro atoms. The Hall–Kier alpha value is -1.79. The molecule has 0 radical (unpaired) electrons. The van der Waals surface area contributed by atoms with Gasteiger partial charge in [0.25, 0.3) is 5.91 Å². The number of aliphatic hydroxyl groups excluding tert-OH is 1. The first-order valence-corrected chi connectivity index (χ1v) is 6.10. The summed E-state index contributed by atoms with van der Waals surface area (Å²) in [5.74, 6) is 0.272. The third kappa shape index (κ3) is 2.80. The minimum atomic E-state index is -0.326. The van der Waals surface area contributed by atoms with Gasteiger partial charge in [-0.15, -0.1) is 0 Å². The molecule has 1 amide bonds. The highest BCUT2D eigenvalue weighted by molar-refractivity contribution is 5.98. The van der Waals surface area contributed by atoms with Gasteiger partial charge < -0.3 is 25.2 Å². The second kappa shape index (κ2) is 5.90. The van der Waals surface area contributed by atoms with Gasteiger partial charge in [0, 0.05) is 12.2 Å². The minimum Gasteiger partial charge on any atom is -0.496 e. The summed E-state index contributed by atoms with van der Waals surface area (Å²) in [6, 6.07) is 4.60. The van der Waals surface area contributed by atoms with E-state index in [4.69, 9.17) is 15.2 Å². The van der Waals surface area contributed by atoms with Gasteiger partial charge in [0.2, 0.25) is 0 Å². The van der Waals surface area contributed by atoms with Crippen molar-refractivity contribution in [1.82, 2.24) is 4.90 Å². The number of carbonyl (C=O) groups excluding carboxylic acids is 1. The van der Waals surface area contributed by atoms with Gasteiger partial charge in [-0.3, -0.25) is 4.79 Å². The van der Waals surface area contributed by atoms with Crippen molar-refractivity contribution in [2.75, 3.05) is 39.2 Å². The number of methoxy groups -OCH3 is 1. The molecule has 1 saturated heterocycles. The molecule has 0 aliphatic carbocycles. The van der Waals surface area contributed by atoms with Crippen LogP contribution < -0.4 is 10.5 Å². The Balaban J connectivity index is 2.29. The van der Waals surface area contributed by atoms with Crippen molar-refractivity contribution in [3.05, 3.63) is 23.8 Å². The molecule has 0 aromatic heterocycles. The largest absolute Gasteiger partial charge is 0.496 e. The predicted molar refractivity (Wildman–Crippen MR) is 70.1 cm³/mol. The molecule has 2 rings (SSSR count). The van der Waals surface area contributed by atoms with Gasteiger partial charge in [-0.1, -0.05) is 0 Å².